The summed E-state index contributed by atoms with van der Waals surface area (Å²) in [6, 6.07) is 0. The summed E-state index contributed by atoms with van der Waals surface area (Å²) in [6.07, 6.45) is 3.92. The number of rotatable bonds is 3. The van der Waals surface area contributed by atoms with Gasteiger partial charge in [-0.05, 0) is 46.2 Å². The summed E-state index contributed by atoms with van der Waals surface area (Å²) in [5, 5.41) is 3.24. The van der Waals surface area contributed by atoms with E-state index >= 15 is 0 Å². The summed E-state index contributed by atoms with van der Waals surface area (Å²) >= 11 is 5.25. The molecule has 16 heavy (non-hydrogen) atoms. The Labute approximate surface area is 107 Å². The third kappa shape index (κ3) is 3.01. The lowest BCUT2D eigenvalue weighted by Crippen LogP contribution is -2.21. The standard InChI is InChI=1S/C10H14BrN3OS/c11-8-9(13-6-14-10(8)15)12-5-7-1-3-16-4-2-7/h6-7H,1-5H2,(H2,12,13,14,15). The lowest BCUT2D eigenvalue weighted by atomic mass is 10.0. The van der Waals surface area contributed by atoms with Crippen LogP contribution in [-0.2, 0) is 0 Å². The van der Waals surface area contributed by atoms with Crippen molar-refractivity contribution in [1.82, 2.24) is 9.97 Å². The zero-order chi connectivity index (χ0) is 11.4. The number of aromatic amines is 1. The summed E-state index contributed by atoms with van der Waals surface area (Å²) < 4.78 is 0.486. The molecule has 0 atom stereocenters. The van der Waals surface area contributed by atoms with E-state index in [2.05, 4.69) is 31.2 Å². The zero-order valence-electron chi connectivity index (χ0n) is 8.83. The average molecular weight is 304 g/mol. The summed E-state index contributed by atoms with van der Waals surface area (Å²) in [4.78, 5) is 17.9. The number of nitrogens with zero attached hydrogens (tertiary/aromatic N) is 1. The molecule has 6 heteroatoms. The summed E-state index contributed by atoms with van der Waals surface area (Å²) in [6.45, 7) is 0.898. The third-order valence-electron chi connectivity index (χ3n) is 2.70. The fraction of sp³-hybridized carbons (Fsp3) is 0.600. The lowest BCUT2D eigenvalue weighted by Gasteiger charge is -2.21. The molecule has 0 spiro atoms. The van der Waals surface area contributed by atoms with Gasteiger partial charge < -0.3 is 10.3 Å². The van der Waals surface area contributed by atoms with Gasteiger partial charge in [0.25, 0.3) is 5.56 Å². The molecular weight excluding hydrogens is 290 g/mol. The molecule has 88 valence electrons. The molecule has 1 aliphatic rings. The molecule has 1 fully saturated rings. The van der Waals surface area contributed by atoms with E-state index in [0.29, 0.717) is 16.2 Å². The van der Waals surface area contributed by atoms with Gasteiger partial charge in [-0.1, -0.05) is 0 Å². The van der Waals surface area contributed by atoms with E-state index in [1.807, 2.05) is 11.8 Å². The predicted molar refractivity (Wildman–Crippen MR) is 71.1 cm³/mol. The minimum Gasteiger partial charge on any atom is -0.369 e. The van der Waals surface area contributed by atoms with E-state index in [1.165, 1.54) is 30.7 Å². The molecule has 0 unspecified atom stereocenters. The number of anilines is 1. The van der Waals surface area contributed by atoms with Crippen molar-refractivity contribution in [3.8, 4) is 0 Å². The van der Waals surface area contributed by atoms with Gasteiger partial charge in [-0.15, -0.1) is 0 Å². The maximum atomic E-state index is 11.3. The third-order valence-corrected chi connectivity index (χ3v) is 4.48. The Morgan fingerprint density at radius 3 is 3.06 bits per heavy atom. The smallest absolute Gasteiger partial charge is 0.267 e. The summed E-state index contributed by atoms with van der Waals surface area (Å²) in [7, 11) is 0. The van der Waals surface area contributed by atoms with Crippen LogP contribution < -0.4 is 10.9 Å². The van der Waals surface area contributed by atoms with E-state index in [0.717, 1.165) is 6.54 Å². The van der Waals surface area contributed by atoms with Crippen LogP contribution in [0.3, 0.4) is 0 Å². The Morgan fingerprint density at radius 2 is 2.31 bits per heavy atom. The molecule has 0 aromatic carbocycles. The van der Waals surface area contributed by atoms with Gasteiger partial charge in [0.2, 0.25) is 0 Å². The minimum atomic E-state index is -0.142. The van der Waals surface area contributed by atoms with E-state index < -0.39 is 0 Å². The number of thioether (sulfide) groups is 1. The molecule has 1 saturated heterocycles. The first-order valence-corrected chi connectivity index (χ1v) is 7.27. The van der Waals surface area contributed by atoms with Crippen LogP contribution in [0.5, 0.6) is 0 Å². The van der Waals surface area contributed by atoms with Crippen molar-refractivity contribution in [3.05, 3.63) is 21.2 Å². The molecule has 0 radical (unpaired) electrons. The van der Waals surface area contributed by atoms with Crippen molar-refractivity contribution >= 4 is 33.5 Å². The molecule has 4 nitrogen and oxygen atoms in total. The Bertz CT molecular complexity index is 403. The SMILES string of the molecule is O=c1[nH]cnc(NCC2CCSCC2)c1Br. The minimum absolute atomic E-state index is 0.142. The van der Waals surface area contributed by atoms with Crippen LogP contribution in [0.4, 0.5) is 5.82 Å². The van der Waals surface area contributed by atoms with E-state index in [-0.39, 0.29) is 5.56 Å². The van der Waals surface area contributed by atoms with Crippen molar-refractivity contribution in [2.45, 2.75) is 12.8 Å². The van der Waals surface area contributed by atoms with Crippen LogP contribution in [-0.4, -0.2) is 28.0 Å². The largest absolute Gasteiger partial charge is 0.369 e. The Kier molecular flexibility index (Phi) is 4.29. The molecule has 0 saturated carbocycles. The monoisotopic (exact) mass is 303 g/mol. The van der Waals surface area contributed by atoms with Gasteiger partial charge in [0.1, 0.15) is 10.3 Å². The van der Waals surface area contributed by atoms with Gasteiger partial charge in [0.15, 0.2) is 0 Å². The topological polar surface area (TPSA) is 57.8 Å². The number of hydrogen-bond donors (Lipinski definition) is 2. The van der Waals surface area contributed by atoms with Crippen LogP contribution >= 0.6 is 27.7 Å². The Balaban J connectivity index is 1.93. The number of nitrogens with one attached hydrogen (secondary N) is 2. The molecule has 0 bridgehead atoms. The fourth-order valence-electron chi connectivity index (χ4n) is 1.70. The maximum Gasteiger partial charge on any atom is 0.267 e. The average Bonchev–Trinajstić information content (AvgIpc) is 2.32. The first-order valence-electron chi connectivity index (χ1n) is 5.32. The zero-order valence-corrected chi connectivity index (χ0v) is 11.2. The predicted octanol–water partition coefficient (Wildman–Crippen LogP) is 2.09. The normalized spacial score (nSPS) is 17.3. The van der Waals surface area contributed by atoms with Crippen molar-refractivity contribution < 1.29 is 0 Å². The van der Waals surface area contributed by atoms with Gasteiger partial charge >= 0.3 is 0 Å². The highest BCUT2D eigenvalue weighted by Gasteiger charge is 2.14. The van der Waals surface area contributed by atoms with Gasteiger partial charge in [-0.2, -0.15) is 11.8 Å². The second-order valence-corrected chi connectivity index (χ2v) is 5.85. The van der Waals surface area contributed by atoms with Crippen LogP contribution in [0.2, 0.25) is 0 Å². The molecule has 1 aromatic rings. The Hall–Kier alpha value is -0.490. The highest BCUT2D eigenvalue weighted by atomic mass is 79.9. The van der Waals surface area contributed by atoms with E-state index in [9.17, 15) is 4.79 Å². The molecule has 2 rings (SSSR count). The second kappa shape index (κ2) is 5.72. The van der Waals surface area contributed by atoms with Crippen molar-refractivity contribution in [3.63, 3.8) is 0 Å². The maximum absolute atomic E-state index is 11.3. The molecule has 1 aliphatic heterocycles. The van der Waals surface area contributed by atoms with Crippen molar-refractivity contribution in [2.75, 3.05) is 23.4 Å². The second-order valence-electron chi connectivity index (χ2n) is 3.83. The van der Waals surface area contributed by atoms with Gasteiger partial charge in [-0.25, -0.2) is 4.98 Å². The molecular formula is C10H14BrN3OS. The van der Waals surface area contributed by atoms with Crippen LogP contribution in [0.15, 0.2) is 15.6 Å². The Morgan fingerprint density at radius 1 is 1.56 bits per heavy atom. The number of hydrogen-bond acceptors (Lipinski definition) is 4. The highest BCUT2D eigenvalue weighted by Crippen LogP contribution is 2.23. The summed E-state index contributed by atoms with van der Waals surface area (Å²) in [5.41, 5.74) is -0.142. The highest BCUT2D eigenvalue weighted by molar-refractivity contribution is 9.10. The molecule has 0 aliphatic carbocycles. The first kappa shape index (κ1) is 12.0. The van der Waals surface area contributed by atoms with Gasteiger partial charge in [-0.3, -0.25) is 4.79 Å². The molecule has 1 aromatic heterocycles. The number of halogens is 1. The van der Waals surface area contributed by atoms with Crippen molar-refractivity contribution in [2.24, 2.45) is 5.92 Å². The molecule has 2 N–H and O–H groups in total. The fourth-order valence-corrected chi connectivity index (χ4v) is 3.26. The van der Waals surface area contributed by atoms with Crippen LogP contribution in [0.25, 0.3) is 0 Å². The molecule has 2 heterocycles. The van der Waals surface area contributed by atoms with E-state index in [1.54, 1.807) is 0 Å². The van der Waals surface area contributed by atoms with Gasteiger partial charge in [0, 0.05) is 6.54 Å². The first-order chi connectivity index (χ1) is 7.77. The van der Waals surface area contributed by atoms with E-state index in [4.69, 9.17) is 0 Å². The van der Waals surface area contributed by atoms with Crippen LogP contribution in [0, 0.1) is 5.92 Å². The van der Waals surface area contributed by atoms with Crippen LogP contribution in [0.1, 0.15) is 12.8 Å². The molecule has 0 amide bonds. The number of H-pyrrole nitrogens is 1. The van der Waals surface area contributed by atoms with Crippen molar-refractivity contribution in [1.29, 1.82) is 0 Å². The number of aromatic nitrogens is 2. The van der Waals surface area contributed by atoms with Gasteiger partial charge in [0.05, 0.1) is 6.33 Å². The lowest BCUT2D eigenvalue weighted by molar-refractivity contribution is 0.515. The summed E-state index contributed by atoms with van der Waals surface area (Å²) in [5.74, 6) is 3.84. The quantitative estimate of drug-likeness (QED) is 0.898.